The number of carbonyl (C=O) groups is 6. The van der Waals surface area contributed by atoms with Crippen molar-refractivity contribution in [2.75, 3.05) is 13.1 Å². The van der Waals surface area contributed by atoms with Crippen LogP contribution in [0.5, 0.6) is 0 Å². The first-order valence-electron chi connectivity index (χ1n) is 20.5. The summed E-state index contributed by atoms with van der Waals surface area (Å²) in [4.78, 5) is 89.7. The predicted molar refractivity (Wildman–Crippen MR) is 212 cm³/mol. The number of likely N-dealkylation sites (tertiary alicyclic amines) is 2. The van der Waals surface area contributed by atoms with E-state index in [0.29, 0.717) is 68.9 Å². The minimum Gasteiger partial charge on any atom is -0.375 e. The van der Waals surface area contributed by atoms with Crippen LogP contribution in [0.25, 0.3) is 0 Å². The van der Waals surface area contributed by atoms with Gasteiger partial charge in [-0.2, -0.15) is 0 Å². The number of nitrogens with two attached hydrogens (primary N) is 4. The number of fused-ring (bicyclic) bond motifs is 8. The lowest BCUT2D eigenvalue weighted by Crippen LogP contribution is -2.79. The second-order valence-electron chi connectivity index (χ2n) is 17.8. The summed E-state index contributed by atoms with van der Waals surface area (Å²) in [6.07, 6.45) is 1.92. The Morgan fingerprint density at radius 2 is 1.02 bits per heavy atom. The van der Waals surface area contributed by atoms with Crippen LogP contribution in [0.2, 0.25) is 0 Å². The first-order valence-corrected chi connectivity index (χ1v) is 20.5. The predicted octanol–water partition coefficient (Wildman–Crippen LogP) is 3.21. The average molecular weight is 800 g/mol. The summed E-state index contributed by atoms with van der Waals surface area (Å²) < 4.78 is 10.5. The molecule has 2 aliphatic heterocycles. The van der Waals surface area contributed by atoms with Crippen LogP contribution in [0.3, 0.4) is 0 Å². The van der Waals surface area contributed by atoms with E-state index in [1.165, 1.54) is 0 Å². The quantitative estimate of drug-likeness (QED) is 0.190. The third-order valence-electron chi connectivity index (χ3n) is 15.2. The maximum atomic E-state index is 14.9. The smallest absolute Gasteiger partial charge is 0.375 e. The van der Waals surface area contributed by atoms with Crippen LogP contribution in [0, 0.1) is 5.92 Å². The summed E-state index contributed by atoms with van der Waals surface area (Å²) in [5, 5.41) is 0. The zero-order chi connectivity index (χ0) is 42.0. The molecule has 1 saturated carbocycles. The van der Waals surface area contributed by atoms with E-state index in [-0.39, 0.29) is 19.0 Å². The molecule has 2 heterocycles. The van der Waals surface area contributed by atoms with Gasteiger partial charge in [0.05, 0.1) is 12.3 Å². The number of hydrogen-bond acceptors (Lipinski definition) is 11. The lowest BCUT2D eigenvalue weighted by atomic mass is 9.62. The van der Waals surface area contributed by atoms with Crippen LogP contribution < -0.4 is 22.9 Å². The molecule has 3 fully saturated rings. The highest BCUT2D eigenvalue weighted by molar-refractivity contribution is 6.12. The van der Waals surface area contributed by atoms with Crippen molar-refractivity contribution in [1.29, 1.82) is 0 Å². The van der Waals surface area contributed by atoms with Crippen LogP contribution >= 0.6 is 0 Å². The molecule has 0 radical (unpaired) electrons. The third kappa shape index (κ3) is 5.86. The molecule has 2 saturated heterocycles. The molecule has 2 aromatic rings. The maximum Gasteiger partial charge on any atom is 0.412 e. The number of ether oxygens (including phenoxy) is 2. The van der Waals surface area contributed by atoms with E-state index in [0.717, 1.165) is 24.0 Å². The molecule has 0 spiro atoms. The molecule has 0 aromatic heterocycles. The Bertz CT molecular complexity index is 1880. The van der Waals surface area contributed by atoms with Gasteiger partial charge in [0.25, 0.3) is 11.8 Å². The first kappa shape index (κ1) is 41.3. The van der Waals surface area contributed by atoms with Gasteiger partial charge in [-0.25, -0.2) is 19.2 Å². The molecule has 8 N–H and O–H groups in total. The van der Waals surface area contributed by atoms with E-state index in [1.807, 2.05) is 72.2 Å². The zero-order valence-corrected chi connectivity index (χ0v) is 34.0. The van der Waals surface area contributed by atoms with Gasteiger partial charge < -0.3 is 32.4 Å². The van der Waals surface area contributed by atoms with Crippen molar-refractivity contribution >= 4 is 35.9 Å². The Hall–Kier alpha value is -4.86. The standard InChI is InChI=1S/C43H57N7O8/c1-26-8-5-21-41(26,4)50(31-9-6-24-48(31)42(33(44)51,35(53)57-37(46)55)39(2)22-19-27-11-15-29(39)16-12-27)32-10-7-25-49(32)43(34(45)52,36(54)58-38(47)56)40(3)23-20-28-13-17-30(40)18-14-28/h11-18,26,31-32H,5-10,19-25H2,1-4H3,(H2,44,51)(H2,45,52)(H2,46,55)(H2,47,56)/t26?,31?,32?,39?,40?,41?,42-,43-/m0/s1. The number of esters is 2. The normalized spacial score (nSPS) is 31.6. The number of hydrogen-bond donors (Lipinski definition) is 4. The Labute approximate surface area is 339 Å². The highest BCUT2D eigenvalue weighted by Crippen LogP contribution is 2.55. The van der Waals surface area contributed by atoms with Gasteiger partial charge in [-0.1, -0.05) is 75.7 Å². The van der Waals surface area contributed by atoms with Gasteiger partial charge in [0.1, 0.15) is 0 Å². The maximum absolute atomic E-state index is 14.9. The van der Waals surface area contributed by atoms with Crippen molar-refractivity contribution in [1.82, 2.24) is 14.7 Å². The molecular weight excluding hydrogens is 743 g/mol. The van der Waals surface area contributed by atoms with Crippen LogP contribution in [-0.4, -0.2) is 92.7 Å². The number of rotatable bonds is 11. The highest BCUT2D eigenvalue weighted by Gasteiger charge is 2.71. The fourth-order valence-electron chi connectivity index (χ4n) is 12.1. The van der Waals surface area contributed by atoms with Crippen molar-refractivity contribution in [3.63, 3.8) is 0 Å². The number of amides is 4. The molecule has 6 unspecified atom stereocenters. The molecule has 4 amide bonds. The Morgan fingerprint density at radius 1 is 0.621 bits per heavy atom. The van der Waals surface area contributed by atoms with Gasteiger partial charge in [0, 0.05) is 29.5 Å². The van der Waals surface area contributed by atoms with Crippen LogP contribution in [0.15, 0.2) is 48.5 Å². The minimum absolute atomic E-state index is 0.0693. The molecule has 9 rings (SSSR count). The Balaban J connectivity index is 1.46. The number of primary amides is 4. The first-order chi connectivity index (χ1) is 27.4. The van der Waals surface area contributed by atoms with E-state index in [2.05, 4.69) is 18.7 Å². The van der Waals surface area contributed by atoms with Gasteiger partial charge in [-0.05, 0) is 99.3 Å². The van der Waals surface area contributed by atoms with Crippen LogP contribution in [0.4, 0.5) is 9.59 Å². The van der Waals surface area contributed by atoms with Crippen LogP contribution in [-0.2, 0) is 52.3 Å². The summed E-state index contributed by atoms with van der Waals surface area (Å²) in [7, 11) is 0. The molecule has 15 heteroatoms. The molecule has 8 atom stereocenters. The summed E-state index contributed by atoms with van der Waals surface area (Å²) in [6.45, 7) is 8.38. The zero-order valence-electron chi connectivity index (χ0n) is 34.0. The number of aryl methyl sites for hydroxylation is 2. The summed E-state index contributed by atoms with van der Waals surface area (Å²) in [6, 6.07) is 15.3. The molecule has 2 aromatic carbocycles. The van der Waals surface area contributed by atoms with E-state index in [4.69, 9.17) is 32.4 Å². The summed E-state index contributed by atoms with van der Waals surface area (Å²) >= 11 is 0. The van der Waals surface area contributed by atoms with Gasteiger partial charge in [0.15, 0.2) is 0 Å². The Kier molecular flexibility index (Phi) is 10.5. The van der Waals surface area contributed by atoms with Gasteiger partial charge in [-0.3, -0.25) is 24.3 Å². The SMILES string of the molecule is CC1CCCC1(C)N(C1CCCN1[C@@](C(N)=O)(C(=O)OC(N)=O)C1(C)CCc2ccc1cc2)C1CCCN1[C@@](C(N)=O)(C(=O)OC(N)=O)C1(C)CCc2ccc1cc2. The van der Waals surface area contributed by atoms with E-state index >= 15 is 0 Å². The van der Waals surface area contributed by atoms with Crippen LogP contribution in [0.1, 0.15) is 108 Å². The molecule has 312 valence electrons. The molecule has 58 heavy (non-hydrogen) atoms. The van der Waals surface area contributed by atoms with Crippen molar-refractivity contribution in [2.45, 2.75) is 138 Å². The fourth-order valence-corrected chi connectivity index (χ4v) is 12.1. The second kappa shape index (κ2) is 14.8. The van der Waals surface area contributed by atoms with Gasteiger partial charge in [-0.15, -0.1) is 0 Å². The van der Waals surface area contributed by atoms with Crippen molar-refractivity contribution in [3.05, 3.63) is 70.8 Å². The highest BCUT2D eigenvalue weighted by atomic mass is 16.6. The molecule has 4 bridgehead atoms. The topological polar surface area (TPSA) is 235 Å². The monoisotopic (exact) mass is 799 g/mol. The van der Waals surface area contributed by atoms with Gasteiger partial charge in [0.2, 0.25) is 11.1 Å². The summed E-state index contributed by atoms with van der Waals surface area (Å²) in [5.41, 5.74) is 19.8. The van der Waals surface area contributed by atoms with E-state index < -0.39 is 75.7 Å². The van der Waals surface area contributed by atoms with Crippen molar-refractivity contribution in [3.8, 4) is 0 Å². The minimum atomic E-state index is -2.24. The number of carbonyl (C=O) groups excluding carboxylic acids is 6. The number of nitrogens with zero attached hydrogens (tertiary/aromatic N) is 3. The summed E-state index contributed by atoms with van der Waals surface area (Å²) in [5.74, 6) is -4.23. The lowest BCUT2D eigenvalue weighted by Gasteiger charge is -2.59. The van der Waals surface area contributed by atoms with Crippen molar-refractivity contribution in [2.24, 2.45) is 28.9 Å². The van der Waals surface area contributed by atoms with E-state index in [1.54, 1.807) is 0 Å². The lowest BCUT2D eigenvalue weighted by molar-refractivity contribution is -0.188. The second-order valence-corrected chi connectivity index (χ2v) is 17.8. The number of benzene rings is 2. The average Bonchev–Trinajstić information content (AvgIpc) is 3.80. The molecule has 7 aliphatic rings. The van der Waals surface area contributed by atoms with Gasteiger partial charge >= 0.3 is 24.1 Å². The van der Waals surface area contributed by atoms with E-state index in [9.17, 15) is 28.8 Å². The Morgan fingerprint density at radius 3 is 1.34 bits per heavy atom. The molecule has 5 aliphatic carbocycles. The third-order valence-corrected chi connectivity index (χ3v) is 15.2. The fraction of sp³-hybridized carbons (Fsp3) is 0.581. The van der Waals surface area contributed by atoms with Crippen molar-refractivity contribution < 1.29 is 38.2 Å². The molecule has 15 nitrogen and oxygen atoms in total. The molecular formula is C43H57N7O8. The largest absolute Gasteiger partial charge is 0.412 e.